The molecule has 6 nitrogen and oxygen atoms in total. The fraction of sp³-hybridized carbons (Fsp3) is 0.417. The molecule has 0 saturated heterocycles. The van der Waals surface area contributed by atoms with Crippen LogP contribution >= 0.6 is 0 Å². The maximum Gasteiger partial charge on any atom is 0.303 e. The van der Waals surface area contributed by atoms with Crippen LogP contribution in [0.25, 0.3) is 0 Å². The summed E-state index contributed by atoms with van der Waals surface area (Å²) in [6.45, 7) is 0. The van der Waals surface area contributed by atoms with E-state index < -0.39 is 11.9 Å². The number of carboxylic acids is 2. The van der Waals surface area contributed by atoms with Crippen LogP contribution in [0, 0.1) is 0 Å². The summed E-state index contributed by atoms with van der Waals surface area (Å²) in [4.78, 5) is 20.6. The van der Waals surface area contributed by atoms with Crippen molar-refractivity contribution in [3.8, 4) is 11.5 Å². The van der Waals surface area contributed by atoms with Crippen molar-refractivity contribution in [3.05, 3.63) is 59.7 Å². The smallest absolute Gasteiger partial charge is 0.303 e. The zero-order valence-corrected chi connectivity index (χ0v) is 17.8. The van der Waals surface area contributed by atoms with Crippen LogP contribution < -0.4 is 9.47 Å². The summed E-state index contributed by atoms with van der Waals surface area (Å²) in [7, 11) is 3.28. The second-order valence-corrected chi connectivity index (χ2v) is 6.90. The molecule has 0 spiro atoms. The maximum atomic E-state index is 10.3. The molecule has 6 heteroatoms. The van der Waals surface area contributed by atoms with Crippen molar-refractivity contribution in [1.82, 2.24) is 0 Å². The summed E-state index contributed by atoms with van der Waals surface area (Å²) in [6, 6.07) is 15.7. The highest BCUT2D eigenvalue weighted by molar-refractivity contribution is 5.66. The Morgan fingerprint density at radius 1 is 0.700 bits per heavy atom. The zero-order valence-electron chi connectivity index (χ0n) is 17.8. The molecule has 0 atom stereocenters. The molecule has 0 aliphatic rings. The minimum absolute atomic E-state index is 0.254. The summed E-state index contributed by atoms with van der Waals surface area (Å²) in [5.41, 5.74) is 2.39. The minimum Gasteiger partial charge on any atom is -0.497 e. The summed E-state index contributed by atoms with van der Waals surface area (Å²) >= 11 is 0. The number of aryl methyl sites for hydroxylation is 2. The Kier molecular flexibility index (Phi) is 12.4. The molecule has 0 saturated carbocycles. The normalized spacial score (nSPS) is 9.93. The molecular formula is C24H32O6. The Hall–Kier alpha value is -3.02. The van der Waals surface area contributed by atoms with Gasteiger partial charge in [0, 0.05) is 12.8 Å². The van der Waals surface area contributed by atoms with E-state index in [-0.39, 0.29) is 12.8 Å². The van der Waals surface area contributed by atoms with Crippen molar-refractivity contribution in [3.63, 3.8) is 0 Å². The van der Waals surface area contributed by atoms with E-state index in [0.29, 0.717) is 0 Å². The maximum absolute atomic E-state index is 10.3. The first kappa shape index (κ1) is 25.0. The van der Waals surface area contributed by atoms with Crippen molar-refractivity contribution < 1.29 is 29.3 Å². The number of aliphatic carboxylic acids is 2. The quantitative estimate of drug-likeness (QED) is 0.474. The molecule has 164 valence electrons. The summed E-state index contributed by atoms with van der Waals surface area (Å²) in [5.74, 6) is 0.262. The molecule has 0 aromatic heterocycles. The lowest BCUT2D eigenvalue weighted by molar-refractivity contribution is -0.138. The van der Waals surface area contributed by atoms with Crippen LogP contribution in [-0.2, 0) is 22.4 Å². The fourth-order valence-electron chi connectivity index (χ4n) is 2.87. The number of ether oxygens (including phenoxy) is 2. The number of carboxylic acid groups (broad SMARTS) is 2. The monoisotopic (exact) mass is 416 g/mol. The van der Waals surface area contributed by atoms with Gasteiger partial charge in [-0.25, -0.2) is 0 Å². The number of methoxy groups -OCH3 is 2. The Balaban J connectivity index is 0.000000300. The molecule has 2 aromatic carbocycles. The van der Waals surface area contributed by atoms with Crippen molar-refractivity contribution in [2.24, 2.45) is 0 Å². The van der Waals surface area contributed by atoms with E-state index >= 15 is 0 Å². The van der Waals surface area contributed by atoms with Crippen LogP contribution in [0.5, 0.6) is 11.5 Å². The van der Waals surface area contributed by atoms with E-state index in [1.165, 1.54) is 11.1 Å². The lowest BCUT2D eigenvalue weighted by Gasteiger charge is -2.03. The topological polar surface area (TPSA) is 93.1 Å². The van der Waals surface area contributed by atoms with Gasteiger partial charge in [-0.15, -0.1) is 0 Å². The van der Waals surface area contributed by atoms with Gasteiger partial charge in [-0.05, 0) is 73.9 Å². The number of carbonyl (C=O) groups is 2. The van der Waals surface area contributed by atoms with Gasteiger partial charge in [-0.2, -0.15) is 0 Å². The van der Waals surface area contributed by atoms with Crippen molar-refractivity contribution >= 4 is 11.9 Å². The number of benzene rings is 2. The van der Waals surface area contributed by atoms with E-state index in [0.717, 1.165) is 50.0 Å². The summed E-state index contributed by atoms with van der Waals surface area (Å²) < 4.78 is 10.2. The minimum atomic E-state index is -0.722. The van der Waals surface area contributed by atoms with Gasteiger partial charge in [0.25, 0.3) is 0 Å². The lowest BCUT2D eigenvalue weighted by Crippen LogP contribution is -1.95. The molecule has 0 radical (unpaired) electrons. The summed E-state index contributed by atoms with van der Waals surface area (Å²) in [6.07, 6.45) is 5.58. The first-order valence-electron chi connectivity index (χ1n) is 10.1. The third-order valence-corrected chi connectivity index (χ3v) is 4.48. The first-order valence-corrected chi connectivity index (χ1v) is 10.1. The average molecular weight is 417 g/mol. The second kappa shape index (κ2) is 14.9. The van der Waals surface area contributed by atoms with Gasteiger partial charge in [0.1, 0.15) is 11.5 Å². The Morgan fingerprint density at radius 3 is 1.43 bits per heavy atom. The van der Waals surface area contributed by atoms with Crippen LogP contribution in [0.15, 0.2) is 48.5 Å². The number of unbranched alkanes of at least 4 members (excludes halogenated alkanes) is 2. The van der Waals surface area contributed by atoms with E-state index in [9.17, 15) is 9.59 Å². The molecule has 30 heavy (non-hydrogen) atoms. The Labute approximate surface area is 178 Å². The van der Waals surface area contributed by atoms with Gasteiger partial charge in [-0.1, -0.05) is 24.3 Å². The van der Waals surface area contributed by atoms with Gasteiger partial charge in [-0.3, -0.25) is 9.59 Å². The number of hydrogen-bond donors (Lipinski definition) is 2. The molecule has 0 heterocycles. The fourth-order valence-corrected chi connectivity index (χ4v) is 2.87. The van der Waals surface area contributed by atoms with E-state index in [2.05, 4.69) is 0 Å². The van der Waals surface area contributed by atoms with E-state index in [1.54, 1.807) is 14.2 Å². The molecule has 2 rings (SSSR count). The van der Waals surface area contributed by atoms with E-state index in [4.69, 9.17) is 19.7 Å². The molecule has 0 aliphatic carbocycles. The van der Waals surface area contributed by atoms with Gasteiger partial charge in [0.05, 0.1) is 14.2 Å². The highest BCUT2D eigenvalue weighted by Crippen LogP contribution is 2.15. The largest absolute Gasteiger partial charge is 0.497 e. The number of rotatable bonds is 12. The van der Waals surface area contributed by atoms with Crippen molar-refractivity contribution in [2.45, 2.75) is 51.4 Å². The third-order valence-electron chi connectivity index (χ3n) is 4.48. The van der Waals surface area contributed by atoms with E-state index in [1.807, 2.05) is 48.5 Å². The Bertz CT molecular complexity index is 706. The highest BCUT2D eigenvalue weighted by Gasteiger charge is 2.00. The predicted molar refractivity (Wildman–Crippen MR) is 116 cm³/mol. The first-order chi connectivity index (χ1) is 14.4. The van der Waals surface area contributed by atoms with Gasteiger partial charge in [0.2, 0.25) is 0 Å². The lowest BCUT2D eigenvalue weighted by atomic mass is 10.1. The second-order valence-electron chi connectivity index (χ2n) is 6.90. The molecule has 0 amide bonds. The van der Waals surface area contributed by atoms with Crippen LogP contribution in [0.3, 0.4) is 0 Å². The molecule has 0 fully saturated rings. The predicted octanol–water partition coefficient (Wildman–Crippen LogP) is 4.99. The SMILES string of the molecule is COc1cccc(CCCCC(=O)O)c1.COc1cccc(CCCCC(=O)O)c1. The Morgan fingerprint density at radius 2 is 1.10 bits per heavy atom. The number of hydrogen-bond acceptors (Lipinski definition) is 4. The molecule has 0 bridgehead atoms. The van der Waals surface area contributed by atoms with Gasteiger partial charge < -0.3 is 19.7 Å². The molecular weight excluding hydrogens is 384 g/mol. The molecule has 0 unspecified atom stereocenters. The van der Waals surface area contributed by atoms with Crippen LogP contribution in [0.2, 0.25) is 0 Å². The van der Waals surface area contributed by atoms with Crippen molar-refractivity contribution in [2.75, 3.05) is 14.2 Å². The highest BCUT2D eigenvalue weighted by atomic mass is 16.5. The van der Waals surface area contributed by atoms with Crippen LogP contribution in [0.4, 0.5) is 0 Å². The standard InChI is InChI=1S/2C12H16O3/c2*1-15-11-7-4-6-10(9-11)5-2-3-8-12(13)14/h2*4,6-7,9H,2-3,5,8H2,1H3,(H,13,14). The average Bonchev–Trinajstić information content (AvgIpc) is 2.75. The van der Waals surface area contributed by atoms with Crippen molar-refractivity contribution in [1.29, 1.82) is 0 Å². The molecule has 0 aliphatic heterocycles. The zero-order chi connectivity index (χ0) is 22.2. The third kappa shape index (κ3) is 11.7. The van der Waals surface area contributed by atoms with Gasteiger partial charge >= 0.3 is 11.9 Å². The van der Waals surface area contributed by atoms with Gasteiger partial charge in [0.15, 0.2) is 0 Å². The summed E-state index contributed by atoms with van der Waals surface area (Å²) in [5, 5.41) is 16.9. The van der Waals surface area contributed by atoms with Crippen LogP contribution in [0.1, 0.15) is 49.7 Å². The molecule has 2 N–H and O–H groups in total. The molecule has 2 aromatic rings. The van der Waals surface area contributed by atoms with Crippen LogP contribution in [-0.4, -0.2) is 36.4 Å².